The number of aromatic hydroxyl groups is 1. The van der Waals surface area contributed by atoms with Crippen molar-refractivity contribution in [3.05, 3.63) is 84.2 Å². The Bertz CT molecular complexity index is 989. The smallest absolute Gasteiger partial charge is 0.244 e. The first-order valence-corrected chi connectivity index (χ1v) is 9.07. The fraction of sp³-hybridized carbons (Fsp3) is 0.0526. The van der Waals surface area contributed by atoms with Crippen molar-refractivity contribution in [2.75, 3.05) is 0 Å². The van der Waals surface area contributed by atoms with E-state index in [1.165, 1.54) is 30.3 Å². The fourth-order valence-electron chi connectivity index (χ4n) is 2.46. The average molecular weight is 357 g/mol. The van der Waals surface area contributed by atoms with Gasteiger partial charge >= 0.3 is 0 Å². The Balaban J connectivity index is 1.78. The number of rotatable bonds is 5. The van der Waals surface area contributed by atoms with Crippen LogP contribution in [-0.2, 0) is 16.6 Å². The predicted molar refractivity (Wildman–Crippen MR) is 94.0 cm³/mol. The first kappa shape index (κ1) is 17.1. The summed E-state index contributed by atoms with van der Waals surface area (Å²) in [6, 6.07) is 19.3. The number of halogens is 1. The number of nitrogens with one attached hydrogen (secondary N) is 1. The topological polar surface area (TPSA) is 66.4 Å². The van der Waals surface area contributed by atoms with Crippen LogP contribution in [0.3, 0.4) is 0 Å². The maximum Gasteiger partial charge on any atom is 0.244 e. The van der Waals surface area contributed by atoms with E-state index in [4.69, 9.17) is 0 Å². The van der Waals surface area contributed by atoms with E-state index in [2.05, 4.69) is 4.72 Å². The van der Waals surface area contributed by atoms with Gasteiger partial charge < -0.3 is 5.11 Å². The largest absolute Gasteiger partial charge is 0.507 e. The molecule has 0 aliphatic rings. The Morgan fingerprint density at radius 2 is 1.60 bits per heavy atom. The normalized spacial score (nSPS) is 11.4. The zero-order valence-corrected chi connectivity index (χ0v) is 14.0. The Morgan fingerprint density at radius 3 is 2.28 bits per heavy atom. The molecule has 0 aromatic heterocycles. The molecule has 0 fully saturated rings. The van der Waals surface area contributed by atoms with Gasteiger partial charge in [-0.15, -0.1) is 0 Å². The second kappa shape index (κ2) is 7.04. The van der Waals surface area contributed by atoms with Crippen LogP contribution >= 0.6 is 0 Å². The third-order valence-corrected chi connectivity index (χ3v) is 5.19. The van der Waals surface area contributed by atoms with Crippen molar-refractivity contribution in [2.24, 2.45) is 0 Å². The molecular weight excluding hydrogens is 341 g/mol. The van der Waals surface area contributed by atoms with E-state index < -0.39 is 15.8 Å². The molecule has 0 saturated carbocycles. The number of sulfonamides is 1. The first-order chi connectivity index (χ1) is 12.0. The number of hydrogen-bond acceptors (Lipinski definition) is 3. The summed E-state index contributed by atoms with van der Waals surface area (Å²) in [5.74, 6) is -0.758. The highest BCUT2D eigenvalue weighted by Crippen LogP contribution is 2.24. The SMILES string of the molecule is O=S(=O)(NCc1ccc(-c2ccccc2)c(F)c1)c1ccccc1O. The highest BCUT2D eigenvalue weighted by Gasteiger charge is 2.17. The van der Waals surface area contributed by atoms with Gasteiger partial charge in [-0.25, -0.2) is 17.5 Å². The molecular formula is C19H16FNO3S. The molecule has 0 heterocycles. The molecule has 0 atom stereocenters. The Hall–Kier alpha value is -2.70. The molecule has 25 heavy (non-hydrogen) atoms. The molecule has 0 unspecified atom stereocenters. The quantitative estimate of drug-likeness (QED) is 0.732. The van der Waals surface area contributed by atoms with Gasteiger partial charge in [0.25, 0.3) is 0 Å². The van der Waals surface area contributed by atoms with E-state index in [-0.39, 0.29) is 17.2 Å². The molecule has 0 bridgehead atoms. The standard InChI is InChI=1S/C19H16FNO3S/c20-17-12-14(10-11-16(17)15-6-2-1-3-7-15)13-21-25(23,24)19-9-5-4-8-18(19)22/h1-12,21-22H,13H2. The van der Waals surface area contributed by atoms with E-state index in [0.717, 1.165) is 5.56 Å². The summed E-state index contributed by atoms with van der Waals surface area (Å²) in [5, 5.41) is 9.67. The van der Waals surface area contributed by atoms with Gasteiger partial charge in [0.15, 0.2) is 0 Å². The number of phenols is 1. The minimum atomic E-state index is -3.89. The zero-order chi connectivity index (χ0) is 17.9. The van der Waals surface area contributed by atoms with Crippen LogP contribution in [0.1, 0.15) is 5.56 Å². The van der Waals surface area contributed by atoms with E-state index >= 15 is 0 Å². The average Bonchev–Trinajstić information content (AvgIpc) is 2.61. The third-order valence-electron chi connectivity index (χ3n) is 3.74. The molecule has 0 aliphatic carbocycles. The molecule has 0 amide bonds. The molecule has 2 N–H and O–H groups in total. The van der Waals surface area contributed by atoms with Crippen LogP contribution < -0.4 is 4.72 Å². The van der Waals surface area contributed by atoms with Gasteiger partial charge in [-0.05, 0) is 29.3 Å². The van der Waals surface area contributed by atoms with Crippen molar-refractivity contribution in [2.45, 2.75) is 11.4 Å². The van der Waals surface area contributed by atoms with Crippen molar-refractivity contribution in [3.63, 3.8) is 0 Å². The number of phenolic OH excluding ortho intramolecular Hbond substituents is 1. The Labute approximate surface area is 145 Å². The third kappa shape index (κ3) is 3.87. The van der Waals surface area contributed by atoms with Gasteiger partial charge in [-0.1, -0.05) is 54.6 Å². The maximum absolute atomic E-state index is 14.3. The molecule has 3 aromatic rings. The molecule has 4 nitrogen and oxygen atoms in total. The molecule has 3 aromatic carbocycles. The molecule has 6 heteroatoms. The van der Waals surface area contributed by atoms with Crippen molar-refractivity contribution in [1.82, 2.24) is 4.72 Å². The lowest BCUT2D eigenvalue weighted by atomic mass is 10.0. The first-order valence-electron chi connectivity index (χ1n) is 7.59. The summed E-state index contributed by atoms with van der Waals surface area (Å²) in [7, 11) is -3.89. The van der Waals surface area contributed by atoms with Crippen molar-refractivity contribution in [3.8, 4) is 16.9 Å². The molecule has 0 saturated heterocycles. The van der Waals surface area contributed by atoms with E-state index in [0.29, 0.717) is 11.1 Å². The van der Waals surface area contributed by atoms with Crippen molar-refractivity contribution >= 4 is 10.0 Å². The Kier molecular flexibility index (Phi) is 4.83. The minimum absolute atomic E-state index is 0.0807. The number of benzene rings is 3. The molecule has 3 rings (SSSR count). The molecule has 0 radical (unpaired) electrons. The lowest BCUT2D eigenvalue weighted by molar-refractivity contribution is 0.458. The van der Waals surface area contributed by atoms with Gasteiger partial charge in [0.05, 0.1) is 0 Å². The van der Waals surface area contributed by atoms with Gasteiger partial charge in [0.1, 0.15) is 16.5 Å². The molecule has 0 spiro atoms. The lowest BCUT2D eigenvalue weighted by Gasteiger charge is -2.10. The van der Waals surface area contributed by atoms with Gasteiger partial charge in [-0.3, -0.25) is 0 Å². The van der Waals surface area contributed by atoms with Crippen LogP contribution in [0.2, 0.25) is 0 Å². The van der Waals surface area contributed by atoms with Crippen LogP contribution in [0.5, 0.6) is 5.75 Å². The summed E-state index contributed by atoms with van der Waals surface area (Å²) in [6.45, 7) is -0.0807. The summed E-state index contributed by atoms with van der Waals surface area (Å²) in [4.78, 5) is -0.212. The van der Waals surface area contributed by atoms with E-state index in [9.17, 15) is 17.9 Å². The summed E-state index contributed by atoms with van der Waals surface area (Å²) >= 11 is 0. The fourth-order valence-corrected chi connectivity index (χ4v) is 3.57. The van der Waals surface area contributed by atoms with Crippen LogP contribution in [0, 0.1) is 5.82 Å². The second-order valence-electron chi connectivity index (χ2n) is 5.47. The minimum Gasteiger partial charge on any atom is -0.507 e. The Morgan fingerprint density at radius 1 is 0.920 bits per heavy atom. The van der Waals surface area contributed by atoms with Crippen molar-refractivity contribution in [1.29, 1.82) is 0 Å². The lowest BCUT2D eigenvalue weighted by Crippen LogP contribution is -2.23. The van der Waals surface area contributed by atoms with Gasteiger partial charge in [-0.2, -0.15) is 0 Å². The van der Waals surface area contributed by atoms with Crippen LogP contribution in [0.15, 0.2) is 77.7 Å². The van der Waals surface area contributed by atoms with Gasteiger partial charge in [0.2, 0.25) is 10.0 Å². The summed E-state index contributed by atoms with van der Waals surface area (Å²) in [5.41, 5.74) is 1.69. The molecule has 0 aliphatic heterocycles. The molecule has 128 valence electrons. The highest BCUT2D eigenvalue weighted by molar-refractivity contribution is 7.89. The number of hydrogen-bond donors (Lipinski definition) is 2. The van der Waals surface area contributed by atoms with Crippen LogP contribution in [0.25, 0.3) is 11.1 Å². The summed E-state index contributed by atoms with van der Waals surface area (Å²) < 4.78 is 41.2. The van der Waals surface area contributed by atoms with Crippen LogP contribution in [-0.4, -0.2) is 13.5 Å². The second-order valence-corrected chi connectivity index (χ2v) is 7.21. The summed E-state index contributed by atoms with van der Waals surface area (Å²) in [6.07, 6.45) is 0. The highest BCUT2D eigenvalue weighted by atomic mass is 32.2. The zero-order valence-electron chi connectivity index (χ0n) is 13.2. The monoisotopic (exact) mass is 357 g/mol. The van der Waals surface area contributed by atoms with Crippen LogP contribution in [0.4, 0.5) is 4.39 Å². The number of para-hydroxylation sites is 1. The van der Waals surface area contributed by atoms with E-state index in [1.807, 2.05) is 18.2 Å². The maximum atomic E-state index is 14.3. The van der Waals surface area contributed by atoms with E-state index in [1.54, 1.807) is 24.3 Å². The van der Waals surface area contributed by atoms with Gasteiger partial charge in [0, 0.05) is 12.1 Å². The van der Waals surface area contributed by atoms with Crippen molar-refractivity contribution < 1.29 is 17.9 Å². The predicted octanol–water partition coefficient (Wildman–Crippen LogP) is 3.68.